The summed E-state index contributed by atoms with van der Waals surface area (Å²) in [6, 6.07) is 5.97. The molecule has 0 spiro atoms. The van der Waals surface area contributed by atoms with Gasteiger partial charge in [-0.05, 0) is 37.6 Å². The lowest BCUT2D eigenvalue weighted by Crippen LogP contribution is -2.32. The number of ether oxygens (including phenoxy) is 1. The Kier molecular flexibility index (Phi) is 6.61. The molecule has 1 amide bonds. The van der Waals surface area contributed by atoms with Crippen LogP contribution in [-0.2, 0) is 9.53 Å². The van der Waals surface area contributed by atoms with Crippen LogP contribution < -0.4 is 5.32 Å². The molecule has 7 heteroatoms. The van der Waals surface area contributed by atoms with Gasteiger partial charge in [-0.3, -0.25) is 4.79 Å². The second-order valence-corrected chi connectivity index (χ2v) is 6.19. The monoisotopic (exact) mass is 338 g/mol. The van der Waals surface area contributed by atoms with Gasteiger partial charge in [0.2, 0.25) is 5.91 Å². The molecule has 2 aromatic rings. The largest absolute Gasteiger partial charge is 0.431 e. The van der Waals surface area contributed by atoms with Crippen molar-refractivity contribution in [3.63, 3.8) is 0 Å². The summed E-state index contributed by atoms with van der Waals surface area (Å²) in [6.07, 6.45) is 2.34. The zero-order valence-corrected chi connectivity index (χ0v) is 13.9. The van der Waals surface area contributed by atoms with Crippen molar-refractivity contribution in [2.24, 2.45) is 0 Å². The van der Waals surface area contributed by atoms with Crippen LogP contribution in [0.4, 0.5) is 4.39 Å². The molecular formula is C16H19FN2O3S. The van der Waals surface area contributed by atoms with Crippen LogP contribution in [0.15, 0.2) is 40.1 Å². The normalized spacial score (nSPS) is 12.1. The molecule has 0 radical (unpaired) electrons. The van der Waals surface area contributed by atoms with Crippen LogP contribution in [0.5, 0.6) is 0 Å². The fraction of sp³-hybridized carbons (Fsp3) is 0.375. The zero-order valence-electron chi connectivity index (χ0n) is 13.0. The Bertz CT molecular complexity index is 631. The predicted molar refractivity (Wildman–Crippen MR) is 86.7 cm³/mol. The summed E-state index contributed by atoms with van der Waals surface area (Å²) in [6.45, 7) is 2.98. The fourth-order valence-electron chi connectivity index (χ4n) is 1.84. The van der Waals surface area contributed by atoms with Crippen LogP contribution in [0.25, 0.3) is 11.3 Å². The van der Waals surface area contributed by atoms with E-state index in [2.05, 4.69) is 10.3 Å². The minimum absolute atomic E-state index is 0.0763. The highest BCUT2D eigenvalue weighted by atomic mass is 32.2. The molecule has 0 aliphatic rings. The highest BCUT2D eigenvalue weighted by molar-refractivity contribution is 8.00. The molecule has 0 saturated carbocycles. The van der Waals surface area contributed by atoms with Crippen molar-refractivity contribution >= 4 is 17.7 Å². The van der Waals surface area contributed by atoms with E-state index in [9.17, 15) is 9.18 Å². The minimum Gasteiger partial charge on any atom is -0.431 e. The first-order valence-corrected chi connectivity index (χ1v) is 8.13. The van der Waals surface area contributed by atoms with Gasteiger partial charge in [-0.25, -0.2) is 9.37 Å². The summed E-state index contributed by atoms with van der Waals surface area (Å²) >= 11 is 1.24. The number of aromatic nitrogens is 1. The molecule has 0 aliphatic carbocycles. The number of carbonyl (C=O) groups is 1. The van der Waals surface area contributed by atoms with Gasteiger partial charge in [0.15, 0.2) is 5.76 Å². The number of rotatable bonds is 8. The average molecular weight is 338 g/mol. The van der Waals surface area contributed by atoms with Gasteiger partial charge < -0.3 is 14.5 Å². The van der Waals surface area contributed by atoms with Gasteiger partial charge in [0, 0.05) is 25.8 Å². The van der Waals surface area contributed by atoms with E-state index in [0.717, 1.165) is 12.0 Å². The van der Waals surface area contributed by atoms with Crippen molar-refractivity contribution in [1.82, 2.24) is 10.3 Å². The second-order valence-electron chi connectivity index (χ2n) is 4.89. The van der Waals surface area contributed by atoms with Crippen molar-refractivity contribution in [3.8, 4) is 11.3 Å². The molecule has 23 heavy (non-hydrogen) atoms. The van der Waals surface area contributed by atoms with Crippen LogP contribution >= 0.6 is 11.8 Å². The molecule has 124 valence electrons. The van der Waals surface area contributed by atoms with Gasteiger partial charge in [0.1, 0.15) is 5.82 Å². The van der Waals surface area contributed by atoms with Crippen molar-refractivity contribution in [1.29, 1.82) is 0 Å². The lowest BCUT2D eigenvalue weighted by Gasteiger charge is -2.09. The van der Waals surface area contributed by atoms with Crippen LogP contribution in [0.1, 0.15) is 13.3 Å². The van der Waals surface area contributed by atoms with Gasteiger partial charge >= 0.3 is 0 Å². The number of thioether (sulfide) groups is 1. The van der Waals surface area contributed by atoms with E-state index in [-0.39, 0.29) is 17.0 Å². The number of hydrogen-bond acceptors (Lipinski definition) is 5. The van der Waals surface area contributed by atoms with E-state index in [1.807, 2.05) is 0 Å². The fourth-order valence-corrected chi connectivity index (χ4v) is 2.58. The first-order chi connectivity index (χ1) is 11.1. The highest BCUT2D eigenvalue weighted by Gasteiger charge is 2.17. The lowest BCUT2D eigenvalue weighted by molar-refractivity contribution is -0.120. The van der Waals surface area contributed by atoms with E-state index >= 15 is 0 Å². The molecule has 1 aromatic carbocycles. The number of nitrogens with zero attached hydrogens (tertiary/aromatic N) is 1. The maximum atomic E-state index is 12.9. The number of hydrogen-bond donors (Lipinski definition) is 1. The Balaban J connectivity index is 1.88. The molecule has 0 aliphatic heterocycles. The van der Waals surface area contributed by atoms with E-state index in [1.54, 1.807) is 32.4 Å². The maximum Gasteiger partial charge on any atom is 0.256 e. The summed E-state index contributed by atoms with van der Waals surface area (Å²) in [7, 11) is 1.63. The van der Waals surface area contributed by atoms with Crippen LogP contribution in [-0.4, -0.2) is 36.4 Å². The summed E-state index contributed by atoms with van der Waals surface area (Å²) in [5.74, 6) is 0.162. The van der Waals surface area contributed by atoms with E-state index in [0.29, 0.717) is 24.1 Å². The number of carbonyl (C=O) groups excluding carboxylic acids is 1. The SMILES string of the molecule is COCCCNC(=O)C(C)Sc1ncc(-c2ccc(F)cc2)o1. The number of nitrogens with one attached hydrogen (secondary N) is 1. The van der Waals surface area contributed by atoms with E-state index < -0.39 is 0 Å². The Morgan fingerprint density at radius 3 is 2.87 bits per heavy atom. The quantitative estimate of drug-likeness (QED) is 0.592. The standard InChI is InChI=1S/C16H19FN2O3S/c1-11(15(20)18-8-3-9-21-2)23-16-19-10-14(22-16)12-4-6-13(17)7-5-12/h4-7,10-11H,3,8-9H2,1-2H3,(H,18,20). The number of oxazole rings is 1. The van der Waals surface area contributed by atoms with Crippen LogP contribution in [0.3, 0.4) is 0 Å². The van der Waals surface area contributed by atoms with Crippen LogP contribution in [0, 0.1) is 5.82 Å². The van der Waals surface area contributed by atoms with Gasteiger partial charge in [0.25, 0.3) is 5.22 Å². The molecule has 0 bridgehead atoms. The molecule has 0 saturated heterocycles. The van der Waals surface area contributed by atoms with Crippen molar-refractivity contribution in [3.05, 3.63) is 36.3 Å². The first kappa shape index (κ1) is 17.5. The first-order valence-electron chi connectivity index (χ1n) is 7.25. The van der Waals surface area contributed by atoms with Gasteiger partial charge in [-0.1, -0.05) is 11.8 Å². The number of benzene rings is 1. The third-order valence-electron chi connectivity index (χ3n) is 3.08. The van der Waals surface area contributed by atoms with Gasteiger partial charge in [-0.15, -0.1) is 0 Å². The Hall–Kier alpha value is -1.86. The number of amides is 1. The minimum atomic E-state index is -0.322. The number of halogens is 1. The second kappa shape index (κ2) is 8.69. The lowest BCUT2D eigenvalue weighted by atomic mass is 10.2. The molecule has 0 fully saturated rings. The third-order valence-corrected chi connectivity index (χ3v) is 4.04. The third kappa shape index (κ3) is 5.37. The van der Waals surface area contributed by atoms with E-state index in [1.165, 1.54) is 23.9 Å². The number of methoxy groups -OCH3 is 1. The van der Waals surface area contributed by atoms with Gasteiger partial charge in [-0.2, -0.15) is 0 Å². The van der Waals surface area contributed by atoms with Crippen molar-refractivity contribution < 1.29 is 18.3 Å². The molecule has 1 N–H and O–H groups in total. The smallest absolute Gasteiger partial charge is 0.256 e. The topological polar surface area (TPSA) is 64.4 Å². The molecule has 1 aromatic heterocycles. The Morgan fingerprint density at radius 1 is 1.43 bits per heavy atom. The van der Waals surface area contributed by atoms with Crippen molar-refractivity contribution in [2.75, 3.05) is 20.3 Å². The molecule has 1 heterocycles. The van der Waals surface area contributed by atoms with Gasteiger partial charge in [0.05, 0.1) is 11.4 Å². The summed E-state index contributed by atoms with van der Waals surface area (Å²) in [4.78, 5) is 16.1. The van der Waals surface area contributed by atoms with E-state index in [4.69, 9.17) is 9.15 Å². The van der Waals surface area contributed by atoms with Crippen molar-refractivity contribution in [2.45, 2.75) is 23.8 Å². The van der Waals surface area contributed by atoms with Crippen LogP contribution in [0.2, 0.25) is 0 Å². The summed E-state index contributed by atoms with van der Waals surface area (Å²) < 4.78 is 23.4. The molecule has 5 nitrogen and oxygen atoms in total. The maximum absolute atomic E-state index is 12.9. The molecule has 1 unspecified atom stereocenters. The summed E-state index contributed by atoms with van der Waals surface area (Å²) in [5, 5.41) is 2.92. The molecule has 2 rings (SSSR count). The summed E-state index contributed by atoms with van der Waals surface area (Å²) in [5.41, 5.74) is 0.738. The highest BCUT2D eigenvalue weighted by Crippen LogP contribution is 2.28. The Labute approximate surface area is 138 Å². The Morgan fingerprint density at radius 2 is 2.17 bits per heavy atom. The molecular weight excluding hydrogens is 319 g/mol. The predicted octanol–water partition coefficient (Wildman–Crippen LogP) is 3.11. The zero-order chi connectivity index (χ0) is 16.7. The molecule has 1 atom stereocenters. The average Bonchev–Trinajstić information content (AvgIpc) is 3.00.